The second kappa shape index (κ2) is 10.1. The van der Waals surface area contributed by atoms with Crippen LogP contribution >= 0.6 is 11.3 Å². The summed E-state index contributed by atoms with van der Waals surface area (Å²) in [5.41, 5.74) is 2.39. The van der Waals surface area contributed by atoms with Crippen LogP contribution in [0.3, 0.4) is 0 Å². The molecule has 1 saturated heterocycles. The first kappa shape index (κ1) is 22.2. The number of morpholine rings is 1. The molecule has 1 aliphatic rings. The molecule has 0 saturated carbocycles. The molecule has 4 rings (SSSR count). The van der Waals surface area contributed by atoms with Gasteiger partial charge in [0, 0.05) is 36.8 Å². The van der Waals surface area contributed by atoms with E-state index in [2.05, 4.69) is 34.0 Å². The molecule has 8 heteroatoms. The summed E-state index contributed by atoms with van der Waals surface area (Å²) in [7, 11) is 0. The Morgan fingerprint density at radius 1 is 1.25 bits per heavy atom. The quantitative estimate of drug-likeness (QED) is 0.585. The van der Waals surface area contributed by atoms with Crippen LogP contribution in [0.15, 0.2) is 48.0 Å². The number of carbonyl (C=O) groups is 1. The van der Waals surface area contributed by atoms with Crippen molar-refractivity contribution in [1.29, 1.82) is 0 Å². The molecule has 3 aromatic rings. The van der Waals surface area contributed by atoms with Gasteiger partial charge in [0.15, 0.2) is 0 Å². The van der Waals surface area contributed by atoms with Gasteiger partial charge in [-0.25, -0.2) is 9.97 Å². The van der Waals surface area contributed by atoms with Gasteiger partial charge < -0.3 is 19.7 Å². The smallest absolute Gasteiger partial charge is 0.251 e. The summed E-state index contributed by atoms with van der Waals surface area (Å²) in [6, 6.07) is 11.2. The number of pyridine rings is 1. The fourth-order valence-corrected chi connectivity index (χ4v) is 4.31. The Morgan fingerprint density at radius 2 is 2.06 bits per heavy atom. The lowest BCUT2D eigenvalue weighted by molar-refractivity contribution is -0.00546. The van der Waals surface area contributed by atoms with Crippen LogP contribution in [0.5, 0.6) is 5.75 Å². The van der Waals surface area contributed by atoms with Gasteiger partial charge in [-0.2, -0.15) is 0 Å². The zero-order valence-electron chi connectivity index (χ0n) is 18.6. The predicted octanol–water partition coefficient (Wildman–Crippen LogP) is 3.97. The van der Waals surface area contributed by atoms with Gasteiger partial charge in [-0.1, -0.05) is 12.1 Å². The van der Waals surface area contributed by atoms with Crippen molar-refractivity contribution < 1.29 is 14.3 Å². The fraction of sp³-hybridized carbons (Fsp3) is 0.375. The van der Waals surface area contributed by atoms with Crippen LogP contribution in [0, 0.1) is 6.92 Å². The van der Waals surface area contributed by atoms with Crippen molar-refractivity contribution in [1.82, 2.24) is 15.3 Å². The lowest BCUT2D eigenvalue weighted by Gasteiger charge is -2.36. The number of thiazole rings is 1. The van der Waals surface area contributed by atoms with Crippen molar-refractivity contribution in [3.05, 3.63) is 69.8 Å². The molecule has 0 spiro atoms. The van der Waals surface area contributed by atoms with Crippen LogP contribution in [-0.4, -0.2) is 41.2 Å². The van der Waals surface area contributed by atoms with Gasteiger partial charge in [0.25, 0.3) is 5.91 Å². The second-order valence-electron chi connectivity index (χ2n) is 8.04. The van der Waals surface area contributed by atoms with Crippen LogP contribution in [0.1, 0.15) is 40.5 Å². The van der Waals surface area contributed by atoms with Crippen molar-refractivity contribution in [2.75, 3.05) is 18.0 Å². The summed E-state index contributed by atoms with van der Waals surface area (Å²) in [6.45, 7) is 8.56. The zero-order chi connectivity index (χ0) is 22.5. The van der Waals surface area contributed by atoms with Gasteiger partial charge in [-0.05, 0) is 50.6 Å². The van der Waals surface area contributed by atoms with Crippen LogP contribution in [0.25, 0.3) is 0 Å². The molecule has 1 aromatic carbocycles. The summed E-state index contributed by atoms with van der Waals surface area (Å²) in [4.78, 5) is 23.8. The molecule has 1 amide bonds. The third-order valence-electron chi connectivity index (χ3n) is 5.16. The van der Waals surface area contributed by atoms with Crippen LogP contribution in [-0.2, 0) is 17.9 Å². The van der Waals surface area contributed by atoms with E-state index in [1.165, 1.54) is 0 Å². The number of aromatic nitrogens is 2. The minimum absolute atomic E-state index is 0.153. The molecule has 1 fully saturated rings. The SMILES string of the molecule is Cc1nc(COc2cccc(C(=O)NCc3ccc(N4CC(C)OC(C)C4)nc3)c2)cs1. The molecule has 3 heterocycles. The van der Waals surface area contributed by atoms with Gasteiger partial charge >= 0.3 is 0 Å². The highest BCUT2D eigenvalue weighted by Gasteiger charge is 2.23. The van der Waals surface area contributed by atoms with Gasteiger partial charge in [0.2, 0.25) is 0 Å². The van der Waals surface area contributed by atoms with E-state index in [-0.39, 0.29) is 18.1 Å². The van der Waals surface area contributed by atoms with Crippen LogP contribution < -0.4 is 15.0 Å². The summed E-state index contributed by atoms with van der Waals surface area (Å²) in [6.07, 6.45) is 2.19. The lowest BCUT2D eigenvalue weighted by Crippen LogP contribution is -2.45. The molecule has 2 unspecified atom stereocenters. The van der Waals surface area contributed by atoms with E-state index in [1.807, 2.05) is 42.8 Å². The van der Waals surface area contributed by atoms with Crippen molar-refractivity contribution in [3.63, 3.8) is 0 Å². The maximum atomic E-state index is 12.6. The Balaban J connectivity index is 1.30. The Labute approximate surface area is 192 Å². The monoisotopic (exact) mass is 452 g/mol. The minimum atomic E-state index is -0.153. The largest absolute Gasteiger partial charge is 0.487 e. The number of carbonyl (C=O) groups excluding carboxylic acids is 1. The van der Waals surface area contributed by atoms with E-state index >= 15 is 0 Å². The molecule has 2 aromatic heterocycles. The number of aryl methyl sites for hydroxylation is 1. The first-order chi connectivity index (χ1) is 15.5. The number of hydrogen-bond donors (Lipinski definition) is 1. The lowest BCUT2D eigenvalue weighted by atomic mass is 10.2. The second-order valence-corrected chi connectivity index (χ2v) is 9.11. The van der Waals surface area contributed by atoms with E-state index in [4.69, 9.17) is 9.47 Å². The number of nitrogens with zero attached hydrogens (tertiary/aromatic N) is 3. The van der Waals surface area contributed by atoms with Crippen LogP contribution in [0.2, 0.25) is 0 Å². The molecular weight excluding hydrogens is 424 g/mol. The van der Waals surface area contributed by atoms with Gasteiger partial charge in [0.05, 0.1) is 22.9 Å². The van der Waals surface area contributed by atoms with E-state index in [0.29, 0.717) is 24.5 Å². The Morgan fingerprint density at radius 3 is 2.75 bits per heavy atom. The summed E-state index contributed by atoms with van der Waals surface area (Å²) < 4.78 is 11.6. The molecule has 168 valence electrons. The number of nitrogens with one attached hydrogen (secondary N) is 1. The highest BCUT2D eigenvalue weighted by molar-refractivity contribution is 7.09. The Hall–Kier alpha value is -2.97. The van der Waals surface area contributed by atoms with Crippen molar-refractivity contribution in [2.45, 2.75) is 46.1 Å². The first-order valence-electron chi connectivity index (χ1n) is 10.7. The number of rotatable bonds is 7. The maximum Gasteiger partial charge on any atom is 0.251 e. The standard InChI is InChI=1S/C24H28N4O3S/c1-16-12-28(13-17(2)31-16)23-8-7-19(10-25-23)11-26-24(29)20-5-4-6-22(9-20)30-14-21-15-32-18(3)27-21/h4-10,15-17H,11-14H2,1-3H3,(H,26,29). The number of amides is 1. The van der Waals surface area contributed by atoms with E-state index in [0.717, 1.165) is 35.2 Å². The minimum Gasteiger partial charge on any atom is -0.487 e. The molecule has 1 aliphatic heterocycles. The molecule has 0 bridgehead atoms. The number of ether oxygens (including phenoxy) is 2. The average Bonchev–Trinajstić information content (AvgIpc) is 3.21. The van der Waals surface area contributed by atoms with Crippen molar-refractivity contribution >= 4 is 23.1 Å². The third-order valence-corrected chi connectivity index (χ3v) is 5.98. The van der Waals surface area contributed by atoms with Crippen molar-refractivity contribution in [3.8, 4) is 5.75 Å². The summed E-state index contributed by atoms with van der Waals surface area (Å²) in [5.74, 6) is 1.42. The molecule has 1 N–H and O–H groups in total. The van der Waals surface area contributed by atoms with Gasteiger partial charge in [-0.15, -0.1) is 11.3 Å². The first-order valence-corrected chi connectivity index (χ1v) is 11.6. The van der Waals surface area contributed by atoms with Gasteiger partial charge in [-0.3, -0.25) is 4.79 Å². The normalized spacial score (nSPS) is 18.4. The molecule has 0 radical (unpaired) electrons. The topological polar surface area (TPSA) is 76.6 Å². The summed E-state index contributed by atoms with van der Waals surface area (Å²) in [5, 5.41) is 5.94. The molecule has 7 nitrogen and oxygen atoms in total. The Bertz CT molecular complexity index is 1040. The van der Waals surface area contributed by atoms with Gasteiger partial charge in [0.1, 0.15) is 18.2 Å². The fourth-order valence-electron chi connectivity index (χ4n) is 3.72. The Kier molecular flexibility index (Phi) is 7.02. The molecule has 32 heavy (non-hydrogen) atoms. The highest BCUT2D eigenvalue weighted by Crippen LogP contribution is 2.19. The van der Waals surface area contributed by atoms with Crippen LogP contribution in [0.4, 0.5) is 5.82 Å². The summed E-state index contributed by atoms with van der Waals surface area (Å²) >= 11 is 1.59. The van der Waals surface area contributed by atoms with E-state index < -0.39 is 0 Å². The number of hydrogen-bond acceptors (Lipinski definition) is 7. The average molecular weight is 453 g/mol. The predicted molar refractivity (Wildman–Crippen MR) is 125 cm³/mol. The highest BCUT2D eigenvalue weighted by atomic mass is 32.1. The molecular formula is C24H28N4O3S. The maximum absolute atomic E-state index is 12.6. The molecule has 0 aliphatic carbocycles. The van der Waals surface area contributed by atoms with E-state index in [9.17, 15) is 4.79 Å². The van der Waals surface area contributed by atoms with E-state index in [1.54, 1.807) is 23.5 Å². The third kappa shape index (κ3) is 5.83. The van der Waals surface area contributed by atoms with Crippen molar-refractivity contribution in [2.24, 2.45) is 0 Å². The number of anilines is 1. The molecule has 2 atom stereocenters. The zero-order valence-corrected chi connectivity index (χ0v) is 19.4. The number of benzene rings is 1.